The van der Waals surface area contributed by atoms with Crippen LogP contribution in [0.5, 0.6) is 5.75 Å². The number of aromatic hydroxyl groups is 1. The zero-order chi connectivity index (χ0) is 18.3. The van der Waals surface area contributed by atoms with Crippen molar-refractivity contribution in [3.8, 4) is 17.0 Å². The number of phenolic OH excluding ortho intramolecular Hbond substituents is 1. The Labute approximate surface area is 150 Å². The number of rotatable bonds is 5. The molecule has 7 nitrogen and oxygen atoms in total. The van der Waals surface area contributed by atoms with Gasteiger partial charge in [-0.2, -0.15) is 5.10 Å². The summed E-state index contributed by atoms with van der Waals surface area (Å²) in [4.78, 5) is 19.7. The van der Waals surface area contributed by atoms with E-state index in [1.54, 1.807) is 24.3 Å². The first-order chi connectivity index (χ1) is 12.5. The van der Waals surface area contributed by atoms with Crippen LogP contribution in [0.1, 0.15) is 16.1 Å². The number of fused-ring (bicyclic) bond motifs is 1. The first-order valence-corrected chi connectivity index (χ1v) is 8.66. The largest absolute Gasteiger partial charge is 0.508 e. The number of Topliss-reactive ketones (excluding diaryl/α,β-unsaturated/α-hetero) is 1. The van der Waals surface area contributed by atoms with Gasteiger partial charge in [0.05, 0.1) is 23.3 Å². The zero-order valence-electron chi connectivity index (χ0n) is 14.6. The average molecular weight is 351 g/mol. The van der Waals surface area contributed by atoms with Crippen LogP contribution in [0.2, 0.25) is 0 Å². The van der Waals surface area contributed by atoms with E-state index in [4.69, 9.17) is 5.73 Å². The van der Waals surface area contributed by atoms with Crippen molar-refractivity contribution in [2.75, 3.05) is 26.2 Å². The molecular weight excluding hydrogens is 330 g/mol. The van der Waals surface area contributed by atoms with Crippen LogP contribution in [0, 0.1) is 12.8 Å². The second kappa shape index (κ2) is 6.51. The Hall–Kier alpha value is -2.77. The summed E-state index contributed by atoms with van der Waals surface area (Å²) in [6, 6.07) is 8.59. The fraction of sp³-hybridized carbons (Fsp3) is 0.316. The summed E-state index contributed by atoms with van der Waals surface area (Å²) in [5.41, 5.74) is 9.15. The molecule has 1 aliphatic heterocycles. The molecule has 3 aromatic rings. The fourth-order valence-electron chi connectivity index (χ4n) is 3.43. The van der Waals surface area contributed by atoms with E-state index in [-0.39, 0.29) is 11.5 Å². The number of hydrogen-bond acceptors (Lipinski definition) is 6. The predicted molar refractivity (Wildman–Crippen MR) is 99.0 cm³/mol. The fourth-order valence-corrected chi connectivity index (χ4v) is 3.43. The molecule has 26 heavy (non-hydrogen) atoms. The highest BCUT2D eigenvalue weighted by atomic mass is 16.3. The number of hydrogen-bond donors (Lipinski definition) is 3. The van der Waals surface area contributed by atoms with E-state index in [0.29, 0.717) is 35.9 Å². The lowest BCUT2D eigenvalue weighted by Crippen LogP contribution is -2.51. The first-order valence-electron chi connectivity index (χ1n) is 8.66. The van der Waals surface area contributed by atoms with Gasteiger partial charge in [-0.1, -0.05) is 0 Å². The molecule has 4 rings (SSSR count). The summed E-state index contributed by atoms with van der Waals surface area (Å²) in [6.45, 7) is 4.63. The van der Waals surface area contributed by atoms with Gasteiger partial charge in [0.1, 0.15) is 5.75 Å². The number of pyridine rings is 1. The first kappa shape index (κ1) is 16.7. The van der Waals surface area contributed by atoms with Crippen LogP contribution < -0.4 is 5.73 Å². The molecule has 0 radical (unpaired) electrons. The lowest BCUT2D eigenvalue weighted by molar-refractivity contribution is 0.0747. The molecule has 1 fully saturated rings. The highest BCUT2D eigenvalue weighted by Gasteiger charge is 2.28. The lowest BCUT2D eigenvalue weighted by atomic mass is 9.97. The maximum atomic E-state index is 13.0. The smallest absolute Gasteiger partial charge is 0.177 e. The molecule has 0 atom stereocenters. The maximum Gasteiger partial charge on any atom is 0.177 e. The molecule has 2 aromatic heterocycles. The van der Waals surface area contributed by atoms with Crippen LogP contribution in [0.3, 0.4) is 0 Å². The number of carbonyl (C=O) groups is 1. The number of benzene rings is 1. The minimum Gasteiger partial charge on any atom is -0.508 e. The molecule has 3 heterocycles. The molecule has 0 unspecified atom stereocenters. The van der Waals surface area contributed by atoms with Gasteiger partial charge in [0.15, 0.2) is 11.4 Å². The monoisotopic (exact) mass is 351 g/mol. The number of ketones is 1. The highest BCUT2D eigenvalue weighted by molar-refractivity contribution is 6.09. The van der Waals surface area contributed by atoms with Crippen molar-refractivity contribution in [3.63, 3.8) is 0 Å². The normalized spacial score (nSPS) is 15.3. The van der Waals surface area contributed by atoms with E-state index in [1.807, 2.05) is 13.0 Å². The Morgan fingerprint density at radius 1 is 1.35 bits per heavy atom. The van der Waals surface area contributed by atoms with Crippen molar-refractivity contribution in [1.82, 2.24) is 20.1 Å². The molecule has 1 aliphatic rings. The number of aryl methyl sites for hydroxylation is 1. The maximum absolute atomic E-state index is 13.0. The van der Waals surface area contributed by atoms with E-state index < -0.39 is 0 Å². The zero-order valence-corrected chi connectivity index (χ0v) is 14.6. The highest BCUT2D eigenvalue weighted by Crippen LogP contribution is 2.27. The molecule has 7 heteroatoms. The number of carbonyl (C=O) groups excluding carboxylic acids is 1. The number of nitrogens with two attached hydrogens (primary N) is 1. The SMILES string of the molecule is Cc1n[nH]c2nc(-c3ccc(O)cc3)cc(C(=O)CN3CC(CN)C3)c12. The van der Waals surface area contributed by atoms with E-state index in [1.165, 1.54) is 0 Å². The van der Waals surface area contributed by atoms with E-state index in [0.717, 1.165) is 29.7 Å². The lowest BCUT2D eigenvalue weighted by Gasteiger charge is -2.38. The van der Waals surface area contributed by atoms with Crippen molar-refractivity contribution in [2.24, 2.45) is 11.7 Å². The van der Waals surface area contributed by atoms with Gasteiger partial charge in [0, 0.05) is 24.2 Å². The second-order valence-electron chi connectivity index (χ2n) is 6.85. The molecule has 0 saturated carbocycles. The molecule has 0 aliphatic carbocycles. The molecule has 134 valence electrons. The molecular formula is C19H21N5O2. The summed E-state index contributed by atoms with van der Waals surface area (Å²) < 4.78 is 0. The van der Waals surface area contributed by atoms with Crippen molar-refractivity contribution in [2.45, 2.75) is 6.92 Å². The summed E-state index contributed by atoms with van der Waals surface area (Å²) in [6.07, 6.45) is 0. The third-order valence-corrected chi connectivity index (χ3v) is 4.91. The quantitative estimate of drug-likeness (QED) is 0.604. The Morgan fingerprint density at radius 2 is 2.08 bits per heavy atom. The van der Waals surface area contributed by atoms with E-state index in [2.05, 4.69) is 20.1 Å². The van der Waals surface area contributed by atoms with Crippen LogP contribution in [0.15, 0.2) is 30.3 Å². The van der Waals surface area contributed by atoms with Crippen LogP contribution in [0.25, 0.3) is 22.3 Å². The van der Waals surface area contributed by atoms with Crippen LogP contribution in [0.4, 0.5) is 0 Å². The summed E-state index contributed by atoms with van der Waals surface area (Å²) in [5.74, 6) is 0.733. The number of nitrogens with one attached hydrogen (secondary N) is 1. The summed E-state index contributed by atoms with van der Waals surface area (Å²) >= 11 is 0. The third kappa shape index (κ3) is 2.95. The standard InChI is InChI=1S/C19H21N5O2/c1-11-18-15(17(26)10-24-8-12(7-20)9-24)6-16(21-19(18)23-22-11)13-2-4-14(25)5-3-13/h2-6,12,25H,7-10,20H2,1H3,(H,21,22,23). The van der Waals surface area contributed by atoms with Gasteiger partial charge >= 0.3 is 0 Å². The minimum atomic E-state index is 0.0531. The second-order valence-corrected chi connectivity index (χ2v) is 6.85. The van der Waals surface area contributed by atoms with Gasteiger partial charge in [-0.25, -0.2) is 4.98 Å². The number of nitrogens with zero attached hydrogens (tertiary/aromatic N) is 3. The van der Waals surface area contributed by atoms with E-state index >= 15 is 0 Å². The Balaban J connectivity index is 1.71. The topological polar surface area (TPSA) is 108 Å². The van der Waals surface area contributed by atoms with Crippen molar-refractivity contribution < 1.29 is 9.90 Å². The summed E-state index contributed by atoms with van der Waals surface area (Å²) in [7, 11) is 0. The molecule has 4 N–H and O–H groups in total. The predicted octanol–water partition coefficient (Wildman–Crippen LogP) is 1.71. The van der Waals surface area contributed by atoms with Crippen LogP contribution in [-0.4, -0.2) is 57.2 Å². The third-order valence-electron chi connectivity index (χ3n) is 4.91. The van der Waals surface area contributed by atoms with Crippen molar-refractivity contribution >= 4 is 16.8 Å². The number of likely N-dealkylation sites (tertiary alicyclic amines) is 1. The molecule has 1 saturated heterocycles. The Bertz CT molecular complexity index is 958. The number of aromatic amines is 1. The van der Waals surface area contributed by atoms with Crippen LogP contribution >= 0.6 is 0 Å². The molecule has 1 aromatic carbocycles. The Kier molecular flexibility index (Phi) is 4.18. The van der Waals surface area contributed by atoms with E-state index in [9.17, 15) is 9.90 Å². The van der Waals surface area contributed by atoms with Crippen molar-refractivity contribution in [1.29, 1.82) is 0 Å². The van der Waals surface area contributed by atoms with Gasteiger partial charge < -0.3 is 10.8 Å². The number of phenols is 1. The van der Waals surface area contributed by atoms with Gasteiger partial charge in [0.2, 0.25) is 0 Å². The number of aromatic nitrogens is 3. The summed E-state index contributed by atoms with van der Waals surface area (Å²) in [5, 5.41) is 17.4. The van der Waals surface area contributed by atoms with Gasteiger partial charge in [0.25, 0.3) is 0 Å². The Morgan fingerprint density at radius 3 is 2.77 bits per heavy atom. The van der Waals surface area contributed by atoms with Crippen molar-refractivity contribution in [3.05, 3.63) is 41.6 Å². The molecule has 0 amide bonds. The minimum absolute atomic E-state index is 0.0531. The van der Waals surface area contributed by atoms with Gasteiger partial charge in [-0.15, -0.1) is 0 Å². The van der Waals surface area contributed by atoms with Crippen LogP contribution in [-0.2, 0) is 0 Å². The number of H-pyrrole nitrogens is 1. The van der Waals surface area contributed by atoms with Gasteiger partial charge in [-0.05, 0) is 49.7 Å². The average Bonchev–Trinajstić information content (AvgIpc) is 2.98. The van der Waals surface area contributed by atoms with Gasteiger partial charge in [-0.3, -0.25) is 14.8 Å². The molecule has 0 spiro atoms. The molecule has 0 bridgehead atoms.